The molecular weight excluding hydrogens is 265 g/mol. The Kier molecular flexibility index (Phi) is 5.05. The van der Waals surface area contributed by atoms with Gasteiger partial charge in [-0.15, -0.1) is 0 Å². The van der Waals surface area contributed by atoms with E-state index in [1.807, 2.05) is 0 Å². The lowest BCUT2D eigenvalue weighted by Gasteiger charge is -2.27. The van der Waals surface area contributed by atoms with Gasteiger partial charge in [0, 0.05) is 19.6 Å². The molecule has 1 fully saturated rings. The molecule has 1 atom stereocenters. The molecule has 20 heavy (non-hydrogen) atoms. The van der Waals surface area contributed by atoms with Gasteiger partial charge in [-0.3, -0.25) is 4.79 Å². The fourth-order valence-electron chi connectivity index (χ4n) is 2.14. The quantitative estimate of drug-likeness (QED) is 0.807. The summed E-state index contributed by atoms with van der Waals surface area (Å²) in [5.41, 5.74) is -0.632. The molecule has 1 aromatic carbocycles. The molecule has 0 bridgehead atoms. The summed E-state index contributed by atoms with van der Waals surface area (Å²) in [6.45, 7) is 1.20. The highest BCUT2D eigenvalue weighted by Gasteiger charge is 2.36. The molecule has 0 aliphatic carbocycles. The van der Waals surface area contributed by atoms with Crippen LogP contribution in [0, 0.1) is 5.82 Å². The Balaban J connectivity index is 1.96. The first-order valence-corrected chi connectivity index (χ1v) is 6.52. The second kappa shape index (κ2) is 6.78. The van der Waals surface area contributed by atoms with E-state index >= 15 is 0 Å². The number of ether oxygens (including phenoxy) is 2. The summed E-state index contributed by atoms with van der Waals surface area (Å²) >= 11 is 0. The van der Waals surface area contributed by atoms with Crippen molar-refractivity contribution in [1.29, 1.82) is 0 Å². The summed E-state index contributed by atoms with van der Waals surface area (Å²) in [6, 6.07) is 5.81. The number of nitrogens with one attached hydrogen (secondary N) is 1. The molecule has 110 valence electrons. The molecule has 6 heteroatoms. The molecule has 2 N–H and O–H groups in total. The van der Waals surface area contributed by atoms with Crippen molar-refractivity contribution in [3.63, 3.8) is 0 Å². The van der Waals surface area contributed by atoms with Crippen LogP contribution in [0.2, 0.25) is 0 Å². The maximum atomic E-state index is 13.5. The van der Waals surface area contributed by atoms with Gasteiger partial charge in [-0.1, -0.05) is 12.1 Å². The number of amides is 1. The second-order valence-corrected chi connectivity index (χ2v) is 4.72. The number of rotatable bonds is 6. The van der Waals surface area contributed by atoms with Gasteiger partial charge in [0.1, 0.15) is 11.4 Å². The maximum absolute atomic E-state index is 13.5. The Morgan fingerprint density at radius 2 is 2.30 bits per heavy atom. The van der Waals surface area contributed by atoms with Crippen molar-refractivity contribution in [2.45, 2.75) is 12.0 Å². The zero-order valence-electron chi connectivity index (χ0n) is 11.1. The molecule has 1 amide bonds. The van der Waals surface area contributed by atoms with Crippen LogP contribution in [0.1, 0.15) is 16.8 Å². The largest absolute Gasteiger partial charge is 0.394 e. The summed E-state index contributed by atoms with van der Waals surface area (Å²) in [5.74, 6) is -1.04. The van der Waals surface area contributed by atoms with Gasteiger partial charge in [0.25, 0.3) is 5.91 Å². The minimum Gasteiger partial charge on any atom is -0.394 e. The molecular formula is C14H18FNO4. The second-order valence-electron chi connectivity index (χ2n) is 4.72. The molecule has 0 saturated carbocycles. The standard InChI is InChI=1S/C14H18FNO4/c15-12-4-2-1-3-11(12)13(18)16-9-14(20-8-6-17)5-7-19-10-14/h1-4,17H,5-10H2,(H,16,18). The van der Waals surface area contributed by atoms with Crippen molar-refractivity contribution < 1.29 is 23.8 Å². The first-order valence-electron chi connectivity index (χ1n) is 6.52. The molecule has 0 spiro atoms. The van der Waals surface area contributed by atoms with Gasteiger partial charge in [-0.05, 0) is 12.1 Å². The van der Waals surface area contributed by atoms with E-state index in [0.717, 1.165) is 0 Å². The summed E-state index contributed by atoms with van der Waals surface area (Å²) in [7, 11) is 0. The van der Waals surface area contributed by atoms with Gasteiger partial charge in [0.15, 0.2) is 0 Å². The number of halogens is 1. The van der Waals surface area contributed by atoms with Gasteiger partial charge in [-0.25, -0.2) is 4.39 Å². The Morgan fingerprint density at radius 3 is 2.95 bits per heavy atom. The summed E-state index contributed by atoms with van der Waals surface area (Å²) in [5, 5.41) is 11.5. The van der Waals surface area contributed by atoms with E-state index in [1.165, 1.54) is 18.2 Å². The average molecular weight is 283 g/mol. The van der Waals surface area contributed by atoms with Crippen molar-refractivity contribution in [2.24, 2.45) is 0 Å². The fraction of sp³-hybridized carbons (Fsp3) is 0.500. The van der Waals surface area contributed by atoms with Gasteiger partial charge in [0.05, 0.1) is 25.4 Å². The highest BCUT2D eigenvalue weighted by molar-refractivity contribution is 5.94. The van der Waals surface area contributed by atoms with E-state index in [4.69, 9.17) is 14.6 Å². The predicted molar refractivity (Wildman–Crippen MR) is 69.9 cm³/mol. The van der Waals surface area contributed by atoms with E-state index in [0.29, 0.717) is 19.6 Å². The van der Waals surface area contributed by atoms with Crippen LogP contribution in [0.15, 0.2) is 24.3 Å². The number of aliphatic hydroxyl groups is 1. The number of hydrogen-bond donors (Lipinski definition) is 2. The van der Waals surface area contributed by atoms with Gasteiger partial charge < -0.3 is 19.9 Å². The topological polar surface area (TPSA) is 67.8 Å². The van der Waals surface area contributed by atoms with Crippen LogP contribution in [-0.2, 0) is 9.47 Å². The molecule has 5 nitrogen and oxygen atoms in total. The van der Waals surface area contributed by atoms with E-state index in [2.05, 4.69) is 5.32 Å². The zero-order valence-corrected chi connectivity index (χ0v) is 11.1. The molecule has 1 aromatic rings. The molecule has 2 rings (SSSR count). The lowest BCUT2D eigenvalue weighted by molar-refractivity contribution is -0.0582. The average Bonchev–Trinajstić information content (AvgIpc) is 2.92. The number of carbonyl (C=O) groups is 1. The Labute approximate surface area is 116 Å². The fourth-order valence-corrected chi connectivity index (χ4v) is 2.14. The van der Waals surface area contributed by atoms with Crippen molar-refractivity contribution >= 4 is 5.91 Å². The van der Waals surface area contributed by atoms with E-state index in [-0.39, 0.29) is 25.3 Å². The Morgan fingerprint density at radius 1 is 1.50 bits per heavy atom. The third-order valence-corrected chi connectivity index (χ3v) is 3.26. The van der Waals surface area contributed by atoms with Crippen LogP contribution in [0.3, 0.4) is 0 Å². The van der Waals surface area contributed by atoms with Crippen LogP contribution in [0.5, 0.6) is 0 Å². The lowest BCUT2D eigenvalue weighted by Crippen LogP contribution is -2.46. The Bertz CT molecular complexity index is 460. The van der Waals surface area contributed by atoms with Gasteiger partial charge in [-0.2, -0.15) is 0 Å². The van der Waals surface area contributed by atoms with Crippen molar-refractivity contribution in [2.75, 3.05) is 33.0 Å². The Hall–Kier alpha value is -1.50. The number of aliphatic hydroxyl groups excluding tert-OH is 1. The first-order chi connectivity index (χ1) is 9.67. The van der Waals surface area contributed by atoms with Gasteiger partial charge in [0.2, 0.25) is 0 Å². The molecule has 1 saturated heterocycles. The van der Waals surface area contributed by atoms with Crippen LogP contribution in [0.4, 0.5) is 4.39 Å². The summed E-state index contributed by atoms with van der Waals surface area (Å²) < 4.78 is 24.3. The van der Waals surface area contributed by atoms with E-state index in [1.54, 1.807) is 6.07 Å². The minimum atomic E-state index is -0.635. The highest BCUT2D eigenvalue weighted by atomic mass is 19.1. The van der Waals surface area contributed by atoms with E-state index < -0.39 is 17.3 Å². The molecule has 1 aliphatic heterocycles. The van der Waals surface area contributed by atoms with Gasteiger partial charge >= 0.3 is 0 Å². The molecule has 1 aliphatic rings. The third kappa shape index (κ3) is 3.53. The molecule has 1 heterocycles. The summed E-state index contributed by atoms with van der Waals surface area (Å²) in [6.07, 6.45) is 0.630. The SMILES string of the molecule is O=C(NCC1(OCCO)CCOC1)c1ccccc1F. The molecule has 0 radical (unpaired) electrons. The van der Waals surface area contributed by atoms with Crippen molar-refractivity contribution in [1.82, 2.24) is 5.32 Å². The van der Waals surface area contributed by atoms with E-state index in [9.17, 15) is 9.18 Å². The lowest BCUT2D eigenvalue weighted by atomic mass is 10.0. The first kappa shape index (κ1) is 14.9. The van der Waals surface area contributed by atoms with Crippen molar-refractivity contribution in [3.05, 3.63) is 35.6 Å². The molecule has 1 unspecified atom stereocenters. The predicted octanol–water partition coefficient (Wildman–Crippen LogP) is 0.723. The number of benzene rings is 1. The smallest absolute Gasteiger partial charge is 0.254 e. The minimum absolute atomic E-state index is 0.00345. The molecule has 0 aromatic heterocycles. The zero-order chi connectivity index (χ0) is 14.4. The maximum Gasteiger partial charge on any atom is 0.254 e. The normalized spacial score (nSPS) is 21.9. The van der Waals surface area contributed by atoms with Crippen LogP contribution in [-0.4, -0.2) is 49.6 Å². The van der Waals surface area contributed by atoms with Crippen LogP contribution < -0.4 is 5.32 Å². The van der Waals surface area contributed by atoms with Crippen LogP contribution in [0.25, 0.3) is 0 Å². The number of carbonyl (C=O) groups excluding carboxylic acids is 1. The third-order valence-electron chi connectivity index (χ3n) is 3.26. The monoisotopic (exact) mass is 283 g/mol. The van der Waals surface area contributed by atoms with Crippen molar-refractivity contribution in [3.8, 4) is 0 Å². The number of hydrogen-bond acceptors (Lipinski definition) is 4. The van der Waals surface area contributed by atoms with Crippen LogP contribution >= 0.6 is 0 Å². The highest BCUT2D eigenvalue weighted by Crippen LogP contribution is 2.22. The summed E-state index contributed by atoms with van der Waals surface area (Å²) in [4.78, 5) is 11.9.